The summed E-state index contributed by atoms with van der Waals surface area (Å²) >= 11 is 0. The first-order valence-corrected chi connectivity index (χ1v) is 8.70. The van der Waals surface area contributed by atoms with E-state index in [0.717, 1.165) is 41.7 Å². The first-order chi connectivity index (χ1) is 12.9. The van der Waals surface area contributed by atoms with Crippen molar-refractivity contribution in [3.8, 4) is 11.4 Å². The van der Waals surface area contributed by atoms with Crippen molar-refractivity contribution < 1.29 is 0 Å². The third-order valence-corrected chi connectivity index (χ3v) is 4.22. The van der Waals surface area contributed by atoms with Crippen molar-refractivity contribution >= 4 is 16.7 Å². The van der Waals surface area contributed by atoms with Crippen LogP contribution in [0.1, 0.15) is 12.0 Å². The fourth-order valence-corrected chi connectivity index (χ4v) is 2.89. The zero-order valence-electron chi connectivity index (χ0n) is 14.3. The predicted octanol–water partition coefficient (Wildman–Crippen LogP) is 4.13. The molecule has 3 aromatic heterocycles. The van der Waals surface area contributed by atoms with Crippen LogP contribution in [0.2, 0.25) is 0 Å². The van der Waals surface area contributed by atoms with Crippen molar-refractivity contribution in [1.82, 2.24) is 19.9 Å². The van der Waals surface area contributed by atoms with Gasteiger partial charge in [-0.2, -0.15) is 0 Å². The van der Waals surface area contributed by atoms with Gasteiger partial charge in [-0.1, -0.05) is 30.3 Å². The average molecular weight is 341 g/mol. The Bertz CT molecular complexity index is 987. The molecule has 5 nitrogen and oxygen atoms in total. The van der Waals surface area contributed by atoms with Crippen LogP contribution in [-0.2, 0) is 6.42 Å². The Kier molecular flexibility index (Phi) is 4.78. The van der Waals surface area contributed by atoms with Gasteiger partial charge in [0.25, 0.3) is 0 Å². The lowest BCUT2D eigenvalue weighted by atomic mass is 10.1. The number of rotatable bonds is 6. The lowest BCUT2D eigenvalue weighted by Crippen LogP contribution is -2.07. The number of fused-ring (bicyclic) bond motifs is 1. The summed E-state index contributed by atoms with van der Waals surface area (Å²) in [6, 6.07) is 16.3. The molecule has 0 aliphatic heterocycles. The summed E-state index contributed by atoms with van der Waals surface area (Å²) in [7, 11) is 0. The van der Waals surface area contributed by atoms with Crippen LogP contribution in [0.15, 0.2) is 73.3 Å². The highest BCUT2D eigenvalue weighted by atomic mass is 15.0. The molecule has 0 aliphatic rings. The molecule has 1 aromatic carbocycles. The molecular weight excluding hydrogens is 322 g/mol. The maximum Gasteiger partial charge on any atom is 0.162 e. The lowest BCUT2D eigenvalue weighted by molar-refractivity contribution is 0.860. The van der Waals surface area contributed by atoms with Gasteiger partial charge in [0.2, 0.25) is 0 Å². The zero-order chi connectivity index (χ0) is 17.6. The molecule has 4 rings (SSSR count). The summed E-state index contributed by atoms with van der Waals surface area (Å²) in [5, 5.41) is 4.46. The van der Waals surface area contributed by atoms with E-state index in [1.54, 1.807) is 24.8 Å². The molecule has 4 aromatic rings. The van der Waals surface area contributed by atoms with Gasteiger partial charge in [0, 0.05) is 36.1 Å². The van der Waals surface area contributed by atoms with E-state index in [9.17, 15) is 0 Å². The summed E-state index contributed by atoms with van der Waals surface area (Å²) < 4.78 is 0. The van der Waals surface area contributed by atoms with Crippen molar-refractivity contribution in [1.29, 1.82) is 0 Å². The molecule has 0 saturated heterocycles. The highest BCUT2D eigenvalue weighted by molar-refractivity contribution is 5.89. The molecule has 0 saturated carbocycles. The Balaban J connectivity index is 1.55. The molecule has 0 spiro atoms. The molecule has 0 atom stereocenters. The third-order valence-electron chi connectivity index (χ3n) is 4.22. The molecule has 1 N–H and O–H groups in total. The second-order valence-electron chi connectivity index (χ2n) is 6.04. The predicted molar refractivity (Wildman–Crippen MR) is 104 cm³/mol. The van der Waals surface area contributed by atoms with Gasteiger partial charge in [0.15, 0.2) is 5.82 Å². The Morgan fingerprint density at radius 3 is 2.46 bits per heavy atom. The number of nitrogens with zero attached hydrogens (tertiary/aromatic N) is 4. The topological polar surface area (TPSA) is 63.6 Å². The second kappa shape index (κ2) is 7.70. The fourth-order valence-electron chi connectivity index (χ4n) is 2.89. The lowest BCUT2D eigenvalue weighted by Gasteiger charge is -2.11. The summed E-state index contributed by atoms with van der Waals surface area (Å²) in [6.07, 6.45) is 9.11. The van der Waals surface area contributed by atoms with Crippen LogP contribution in [0, 0.1) is 0 Å². The SMILES string of the molecule is c1ccc(CCCNc2nc(-c3ccncc3)nc3cnccc23)cc1. The van der Waals surface area contributed by atoms with E-state index in [0.29, 0.717) is 5.82 Å². The monoisotopic (exact) mass is 341 g/mol. The molecule has 0 unspecified atom stereocenters. The van der Waals surface area contributed by atoms with Crippen LogP contribution in [0.25, 0.3) is 22.3 Å². The standard InChI is InChI=1S/C21H19N5/c1-2-5-16(6-3-1)7-4-11-24-21-18-10-14-23-15-19(18)25-20(26-21)17-8-12-22-13-9-17/h1-3,5-6,8-10,12-15H,4,7,11H2,(H,24,25,26). The van der Waals surface area contributed by atoms with E-state index in [1.165, 1.54) is 5.56 Å². The van der Waals surface area contributed by atoms with Crippen LogP contribution in [0.5, 0.6) is 0 Å². The van der Waals surface area contributed by atoms with Gasteiger partial charge in [0.1, 0.15) is 5.82 Å². The first-order valence-electron chi connectivity index (χ1n) is 8.70. The molecule has 0 amide bonds. The summed E-state index contributed by atoms with van der Waals surface area (Å²) in [4.78, 5) is 17.6. The van der Waals surface area contributed by atoms with E-state index >= 15 is 0 Å². The number of benzene rings is 1. The zero-order valence-corrected chi connectivity index (χ0v) is 14.3. The van der Waals surface area contributed by atoms with Crippen molar-refractivity contribution in [3.63, 3.8) is 0 Å². The Morgan fingerprint density at radius 1 is 0.808 bits per heavy atom. The van der Waals surface area contributed by atoms with Crippen molar-refractivity contribution in [3.05, 3.63) is 78.9 Å². The number of hydrogen-bond acceptors (Lipinski definition) is 5. The summed E-state index contributed by atoms with van der Waals surface area (Å²) in [5.74, 6) is 1.52. The largest absolute Gasteiger partial charge is 0.369 e. The van der Waals surface area contributed by atoms with Crippen molar-refractivity contribution in [2.24, 2.45) is 0 Å². The maximum absolute atomic E-state index is 4.74. The van der Waals surface area contributed by atoms with Crippen LogP contribution < -0.4 is 5.32 Å². The van der Waals surface area contributed by atoms with Crippen LogP contribution in [0.4, 0.5) is 5.82 Å². The third kappa shape index (κ3) is 3.67. The first kappa shape index (κ1) is 16.1. The van der Waals surface area contributed by atoms with Crippen molar-refractivity contribution in [2.45, 2.75) is 12.8 Å². The molecule has 0 aliphatic carbocycles. The van der Waals surface area contributed by atoms with E-state index in [2.05, 4.69) is 44.5 Å². The summed E-state index contributed by atoms with van der Waals surface area (Å²) in [5.41, 5.74) is 3.13. The molecule has 128 valence electrons. The molecule has 0 bridgehead atoms. The van der Waals surface area contributed by atoms with Crippen molar-refractivity contribution in [2.75, 3.05) is 11.9 Å². The number of hydrogen-bond donors (Lipinski definition) is 1. The van der Waals surface area contributed by atoms with Gasteiger partial charge in [-0.25, -0.2) is 9.97 Å². The maximum atomic E-state index is 4.74. The van der Waals surface area contributed by atoms with Crippen LogP contribution in [0.3, 0.4) is 0 Å². The quantitative estimate of drug-likeness (QED) is 0.534. The second-order valence-corrected chi connectivity index (χ2v) is 6.04. The number of aromatic nitrogens is 4. The molecule has 3 heterocycles. The Morgan fingerprint density at radius 2 is 1.62 bits per heavy atom. The highest BCUT2D eigenvalue weighted by Crippen LogP contribution is 2.24. The average Bonchev–Trinajstić information content (AvgIpc) is 2.72. The number of anilines is 1. The number of pyridine rings is 2. The van der Waals surface area contributed by atoms with E-state index in [1.807, 2.05) is 24.3 Å². The highest BCUT2D eigenvalue weighted by Gasteiger charge is 2.09. The summed E-state index contributed by atoms with van der Waals surface area (Å²) in [6.45, 7) is 0.846. The Hall–Kier alpha value is -3.34. The van der Waals surface area contributed by atoms with E-state index in [4.69, 9.17) is 4.98 Å². The minimum atomic E-state index is 0.679. The number of aryl methyl sites for hydroxylation is 1. The molecule has 5 heteroatoms. The molecule has 0 radical (unpaired) electrons. The van der Waals surface area contributed by atoms with Gasteiger partial charge < -0.3 is 5.32 Å². The molecular formula is C21H19N5. The van der Waals surface area contributed by atoms with Gasteiger partial charge >= 0.3 is 0 Å². The fraction of sp³-hybridized carbons (Fsp3) is 0.143. The van der Waals surface area contributed by atoms with Gasteiger partial charge in [0.05, 0.1) is 11.7 Å². The van der Waals surface area contributed by atoms with E-state index < -0.39 is 0 Å². The Labute approximate surface area is 152 Å². The normalized spacial score (nSPS) is 10.8. The minimum Gasteiger partial charge on any atom is -0.369 e. The van der Waals surface area contributed by atoms with E-state index in [-0.39, 0.29) is 0 Å². The smallest absolute Gasteiger partial charge is 0.162 e. The molecule has 0 fully saturated rings. The van der Waals surface area contributed by atoms with Gasteiger partial charge in [-0.15, -0.1) is 0 Å². The minimum absolute atomic E-state index is 0.679. The number of nitrogens with one attached hydrogen (secondary N) is 1. The van der Waals surface area contributed by atoms with Crippen LogP contribution >= 0.6 is 0 Å². The van der Waals surface area contributed by atoms with Gasteiger partial charge in [-0.3, -0.25) is 9.97 Å². The molecule has 26 heavy (non-hydrogen) atoms. The van der Waals surface area contributed by atoms with Crippen LogP contribution in [-0.4, -0.2) is 26.5 Å². The van der Waals surface area contributed by atoms with Gasteiger partial charge in [-0.05, 0) is 36.6 Å².